The molecule has 0 aromatic heterocycles. The molecule has 1 aliphatic carbocycles. The van der Waals surface area contributed by atoms with Gasteiger partial charge in [-0.05, 0) is 61.9 Å². The molecule has 2 aromatic rings. The minimum atomic E-state index is -0.576. The van der Waals surface area contributed by atoms with E-state index in [1.165, 1.54) is 5.56 Å². The van der Waals surface area contributed by atoms with Crippen molar-refractivity contribution in [2.45, 2.75) is 58.1 Å². The summed E-state index contributed by atoms with van der Waals surface area (Å²) in [6, 6.07) is 16.2. The molecular formula is C26H32N2O3. The Morgan fingerprint density at radius 2 is 1.87 bits per heavy atom. The second kappa shape index (κ2) is 9.54. The third-order valence-corrected chi connectivity index (χ3v) is 6.48. The van der Waals surface area contributed by atoms with Crippen LogP contribution < -0.4 is 10.1 Å². The summed E-state index contributed by atoms with van der Waals surface area (Å²) in [6.45, 7) is 4.96. The summed E-state index contributed by atoms with van der Waals surface area (Å²) in [5.74, 6) is 0.954. The Morgan fingerprint density at radius 1 is 1.13 bits per heavy atom. The van der Waals surface area contributed by atoms with E-state index in [1.807, 2.05) is 37.3 Å². The fourth-order valence-electron chi connectivity index (χ4n) is 4.88. The molecule has 31 heavy (non-hydrogen) atoms. The summed E-state index contributed by atoms with van der Waals surface area (Å²) in [4.78, 5) is 27.7. The third kappa shape index (κ3) is 4.60. The highest BCUT2D eigenvalue weighted by Crippen LogP contribution is 2.39. The van der Waals surface area contributed by atoms with Gasteiger partial charge in [-0.2, -0.15) is 0 Å². The largest absolute Gasteiger partial charge is 0.481 e. The highest BCUT2D eigenvalue weighted by molar-refractivity contribution is 5.81. The van der Waals surface area contributed by atoms with Crippen molar-refractivity contribution in [3.8, 4) is 5.75 Å². The lowest BCUT2D eigenvalue weighted by Crippen LogP contribution is -2.43. The smallest absolute Gasteiger partial charge is 0.260 e. The van der Waals surface area contributed by atoms with E-state index in [-0.39, 0.29) is 23.8 Å². The van der Waals surface area contributed by atoms with E-state index in [4.69, 9.17) is 4.74 Å². The van der Waals surface area contributed by atoms with Crippen molar-refractivity contribution in [1.82, 2.24) is 10.2 Å². The topological polar surface area (TPSA) is 58.6 Å². The Kier molecular flexibility index (Phi) is 6.59. The standard InChI is InChI=1S/C26H32N2O3/c1-3-27-25(29)18(2)31-22-14-13-19-15-16-28(26(30)21-11-7-8-12-21)24(23(19)17-22)20-9-5-4-6-10-20/h4-6,9-10,13-14,17-18,21,24H,3,7-8,11-12,15-16H2,1-2H3,(H,27,29). The number of carbonyl (C=O) groups is 2. The third-order valence-electron chi connectivity index (χ3n) is 6.48. The van der Waals surface area contributed by atoms with Crippen LogP contribution in [0.4, 0.5) is 0 Å². The monoisotopic (exact) mass is 420 g/mol. The quantitative estimate of drug-likeness (QED) is 0.760. The lowest BCUT2D eigenvalue weighted by Gasteiger charge is -2.39. The van der Waals surface area contributed by atoms with Crippen molar-refractivity contribution in [2.75, 3.05) is 13.1 Å². The summed E-state index contributed by atoms with van der Waals surface area (Å²) >= 11 is 0. The zero-order valence-corrected chi connectivity index (χ0v) is 18.5. The van der Waals surface area contributed by atoms with E-state index in [0.717, 1.165) is 49.8 Å². The Bertz CT molecular complexity index is 922. The Morgan fingerprint density at radius 3 is 2.58 bits per heavy atom. The second-order valence-electron chi connectivity index (χ2n) is 8.59. The first-order valence-corrected chi connectivity index (χ1v) is 11.5. The van der Waals surface area contributed by atoms with Crippen LogP contribution in [-0.4, -0.2) is 35.9 Å². The molecule has 4 rings (SSSR count). The molecule has 1 saturated carbocycles. The van der Waals surface area contributed by atoms with Crippen LogP contribution in [0.15, 0.2) is 48.5 Å². The van der Waals surface area contributed by atoms with E-state index in [1.54, 1.807) is 6.92 Å². The number of nitrogens with one attached hydrogen (secondary N) is 1. The lowest BCUT2D eigenvalue weighted by molar-refractivity contribution is -0.137. The highest BCUT2D eigenvalue weighted by Gasteiger charge is 2.36. The van der Waals surface area contributed by atoms with Crippen molar-refractivity contribution in [1.29, 1.82) is 0 Å². The normalized spacial score (nSPS) is 19.5. The minimum Gasteiger partial charge on any atom is -0.481 e. The van der Waals surface area contributed by atoms with Crippen molar-refractivity contribution in [3.63, 3.8) is 0 Å². The van der Waals surface area contributed by atoms with E-state index in [2.05, 4.69) is 28.4 Å². The molecule has 164 valence electrons. The number of benzene rings is 2. The van der Waals surface area contributed by atoms with E-state index in [9.17, 15) is 9.59 Å². The Hall–Kier alpha value is -2.82. The number of likely N-dealkylation sites (N-methyl/N-ethyl adjacent to an activating group) is 1. The van der Waals surface area contributed by atoms with Gasteiger partial charge in [0.15, 0.2) is 6.10 Å². The molecule has 2 aliphatic rings. The first kappa shape index (κ1) is 21.4. The van der Waals surface area contributed by atoms with Gasteiger partial charge in [-0.25, -0.2) is 0 Å². The predicted octanol–water partition coefficient (Wildman–Crippen LogP) is 4.25. The van der Waals surface area contributed by atoms with E-state index < -0.39 is 6.10 Å². The van der Waals surface area contributed by atoms with Crippen molar-refractivity contribution in [3.05, 3.63) is 65.2 Å². The first-order chi connectivity index (χ1) is 15.1. The number of hydrogen-bond donors (Lipinski definition) is 1. The van der Waals surface area contributed by atoms with Crippen LogP contribution >= 0.6 is 0 Å². The molecule has 2 atom stereocenters. The highest BCUT2D eigenvalue weighted by atomic mass is 16.5. The molecular weight excluding hydrogens is 388 g/mol. The first-order valence-electron chi connectivity index (χ1n) is 11.5. The van der Waals surface area contributed by atoms with Gasteiger partial charge in [-0.3, -0.25) is 9.59 Å². The van der Waals surface area contributed by atoms with Crippen molar-refractivity contribution in [2.24, 2.45) is 5.92 Å². The molecule has 2 unspecified atom stereocenters. The molecule has 1 fully saturated rings. The molecule has 0 saturated heterocycles. The summed E-state index contributed by atoms with van der Waals surface area (Å²) < 4.78 is 5.96. The molecule has 0 bridgehead atoms. The zero-order chi connectivity index (χ0) is 21.8. The maximum Gasteiger partial charge on any atom is 0.260 e. The number of hydrogen-bond acceptors (Lipinski definition) is 3. The van der Waals surface area contributed by atoms with Gasteiger partial charge in [0.1, 0.15) is 5.75 Å². The van der Waals surface area contributed by atoms with Crippen LogP contribution in [0.3, 0.4) is 0 Å². The molecule has 2 aromatic carbocycles. The maximum absolute atomic E-state index is 13.5. The van der Waals surface area contributed by atoms with Gasteiger partial charge in [0.25, 0.3) is 5.91 Å². The van der Waals surface area contributed by atoms with Gasteiger partial charge >= 0.3 is 0 Å². The van der Waals surface area contributed by atoms with Crippen LogP contribution in [0, 0.1) is 5.92 Å². The van der Waals surface area contributed by atoms with Gasteiger partial charge in [0, 0.05) is 19.0 Å². The van der Waals surface area contributed by atoms with Crippen LogP contribution in [0.25, 0.3) is 0 Å². The lowest BCUT2D eigenvalue weighted by atomic mass is 9.87. The Labute approximate surface area is 184 Å². The van der Waals surface area contributed by atoms with Crippen molar-refractivity contribution >= 4 is 11.8 Å². The number of rotatable bonds is 6. The molecule has 5 heteroatoms. The van der Waals surface area contributed by atoms with Crippen LogP contribution in [0.5, 0.6) is 5.75 Å². The summed E-state index contributed by atoms with van der Waals surface area (Å²) in [6.07, 6.45) is 4.55. The van der Waals surface area contributed by atoms with Crippen molar-refractivity contribution < 1.29 is 14.3 Å². The SMILES string of the molecule is CCNC(=O)C(C)Oc1ccc2c(c1)C(c1ccccc1)N(C(=O)C1CCCC1)CC2. The molecule has 1 N–H and O–H groups in total. The average Bonchev–Trinajstić information content (AvgIpc) is 3.33. The van der Waals surface area contributed by atoms with Crippen LogP contribution in [-0.2, 0) is 16.0 Å². The van der Waals surface area contributed by atoms with Gasteiger partial charge in [-0.1, -0.05) is 49.2 Å². The molecule has 1 aliphatic heterocycles. The summed E-state index contributed by atoms with van der Waals surface area (Å²) in [5.41, 5.74) is 3.45. The number of nitrogens with zero attached hydrogens (tertiary/aromatic N) is 1. The Balaban J connectivity index is 1.67. The van der Waals surface area contributed by atoms with Gasteiger partial charge in [-0.15, -0.1) is 0 Å². The number of carbonyl (C=O) groups excluding carboxylic acids is 2. The summed E-state index contributed by atoms with van der Waals surface area (Å²) in [7, 11) is 0. The van der Waals surface area contributed by atoms with Crippen LogP contribution in [0.1, 0.15) is 62.3 Å². The molecule has 0 spiro atoms. The fourth-order valence-corrected chi connectivity index (χ4v) is 4.88. The zero-order valence-electron chi connectivity index (χ0n) is 18.5. The van der Waals surface area contributed by atoms with E-state index >= 15 is 0 Å². The summed E-state index contributed by atoms with van der Waals surface area (Å²) in [5, 5.41) is 2.80. The molecule has 1 heterocycles. The molecule has 2 amide bonds. The number of ether oxygens (including phenoxy) is 1. The molecule has 0 radical (unpaired) electrons. The second-order valence-corrected chi connectivity index (χ2v) is 8.59. The van der Waals surface area contributed by atoms with Gasteiger partial charge in [0.05, 0.1) is 6.04 Å². The van der Waals surface area contributed by atoms with Crippen LogP contribution in [0.2, 0.25) is 0 Å². The maximum atomic E-state index is 13.5. The molecule has 5 nitrogen and oxygen atoms in total. The van der Waals surface area contributed by atoms with Gasteiger partial charge < -0.3 is 15.0 Å². The number of amides is 2. The average molecular weight is 421 g/mol. The predicted molar refractivity (Wildman–Crippen MR) is 121 cm³/mol. The minimum absolute atomic E-state index is 0.124. The fraction of sp³-hybridized carbons (Fsp3) is 0.462. The van der Waals surface area contributed by atoms with Gasteiger partial charge in [0.2, 0.25) is 5.91 Å². The number of fused-ring (bicyclic) bond motifs is 1. The van der Waals surface area contributed by atoms with E-state index in [0.29, 0.717) is 12.3 Å².